The van der Waals surface area contributed by atoms with Gasteiger partial charge in [-0.3, -0.25) is 4.79 Å². The first-order chi connectivity index (χ1) is 10.5. The van der Waals surface area contributed by atoms with Crippen molar-refractivity contribution in [3.63, 3.8) is 0 Å². The number of hydrogen-bond acceptors (Lipinski definition) is 3. The average molecular weight is 336 g/mol. The van der Waals surface area contributed by atoms with Crippen molar-refractivity contribution in [2.24, 2.45) is 0 Å². The van der Waals surface area contributed by atoms with Crippen LogP contribution in [0.4, 0.5) is 0 Å². The lowest BCUT2D eigenvalue weighted by Crippen LogP contribution is -2.36. The third-order valence-corrected chi connectivity index (χ3v) is 5.00. The van der Waals surface area contributed by atoms with Crippen LogP contribution in [0, 0.1) is 0 Å². The lowest BCUT2D eigenvalue weighted by Gasteiger charge is -2.29. The molecule has 1 aliphatic rings. The first-order valence-corrected chi connectivity index (χ1v) is 8.09. The Hall–Kier alpha value is -1.85. The summed E-state index contributed by atoms with van der Waals surface area (Å²) < 4.78 is 0.679. The van der Waals surface area contributed by atoms with Crippen molar-refractivity contribution in [1.82, 2.24) is 4.90 Å². The van der Waals surface area contributed by atoms with Crippen molar-refractivity contribution in [1.29, 1.82) is 0 Å². The average Bonchev–Trinajstić information content (AvgIpc) is 2.91. The molecule has 0 saturated carbocycles. The minimum Gasteiger partial charge on any atom is -0.478 e. The van der Waals surface area contributed by atoms with E-state index in [9.17, 15) is 9.59 Å². The van der Waals surface area contributed by atoms with E-state index in [-0.39, 0.29) is 11.5 Å². The van der Waals surface area contributed by atoms with Crippen molar-refractivity contribution in [3.05, 3.63) is 56.2 Å². The molecule has 1 N–H and O–H groups in total. The van der Waals surface area contributed by atoms with E-state index in [0.717, 1.165) is 22.4 Å². The molecule has 1 aromatic heterocycles. The summed E-state index contributed by atoms with van der Waals surface area (Å²) in [5.74, 6) is -0.899. The maximum atomic E-state index is 12.4. The number of rotatable bonds is 3. The first kappa shape index (κ1) is 15.1. The Morgan fingerprint density at radius 2 is 2.05 bits per heavy atom. The Kier molecular flexibility index (Phi) is 4.18. The van der Waals surface area contributed by atoms with E-state index in [1.807, 2.05) is 12.1 Å². The standard InChI is InChI=1S/C16H14ClNO3S/c17-14-4-3-13(22-14)8-15(19)18-6-5-10-1-2-11(16(20)21)7-12(10)9-18/h1-4,7H,5-6,8-9H2,(H,20,21). The van der Waals surface area contributed by atoms with E-state index in [2.05, 4.69) is 0 Å². The Balaban J connectivity index is 1.74. The molecule has 4 nitrogen and oxygen atoms in total. The zero-order valence-electron chi connectivity index (χ0n) is 11.7. The van der Waals surface area contributed by atoms with Crippen LogP contribution in [0.1, 0.15) is 26.4 Å². The molecule has 0 spiro atoms. The minimum atomic E-state index is -0.945. The van der Waals surface area contributed by atoms with Gasteiger partial charge in [0.05, 0.1) is 16.3 Å². The van der Waals surface area contributed by atoms with Gasteiger partial charge in [-0.05, 0) is 41.8 Å². The van der Waals surface area contributed by atoms with Crippen LogP contribution >= 0.6 is 22.9 Å². The van der Waals surface area contributed by atoms with Gasteiger partial charge in [0.2, 0.25) is 5.91 Å². The number of nitrogens with zero attached hydrogens (tertiary/aromatic N) is 1. The van der Waals surface area contributed by atoms with Crippen LogP contribution in [0.5, 0.6) is 0 Å². The lowest BCUT2D eigenvalue weighted by atomic mass is 9.97. The molecule has 2 heterocycles. The highest BCUT2D eigenvalue weighted by atomic mass is 35.5. The summed E-state index contributed by atoms with van der Waals surface area (Å²) in [7, 11) is 0. The minimum absolute atomic E-state index is 0.0462. The highest BCUT2D eigenvalue weighted by Crippen LogP contribution is 2.24. The molecule has 0 fully saturated rings. The molecule has 6 heteroatoms. The second kappa shape index (κ2) is 6.10. The maximum absolute atomic E-state index is 12.4. The number of carboxylic acids is 1. The molecule has 1 aliphatic heterocycles. The van der Waals surface area contributed by atoms with Crippen LogP contribution in [0.15, 0.2) is 30.3 Å². The third-order valence-electron chi connectivity index (χ3n) is 3.77. The molecule has 22 heavy (non-hydrogen) atoms. The number of amides is 1. The van der Waals surface area contributed by atoms with E-state index < -0.39 is 5.97 Å². The fraction of sp³-hybridized carbons (Fsp3) is 0.250. The van der Waals surface area contributed by atoms with Crippen LogP contribution < -0.4 is 0 Å². The monoisotopic (exact) mass is 335 g/mol. The van der Waals surface area contributed by atoms with Gasteiger partial charge in [-0.2, -0.15) is 0 Å². The number of carbonyl (C=O) groups is 2. The van der Waals surface area contributed by atoms with Crippen LogP contribution in [-0.2, 0) is 24.2 Å². The molecule has 1 aromatic carbocycles. The largest absolute Gasteiger partial charge is 0.478 e. The number of halogens is 1. The smallest absolute Gasteiger partial charge is 0.335 e. The second-order valence-corrected chi connectivity index (χ2v) is 7.04. The molecule has 0 aliphatic carbocycles. The Bertz CT molecular complexity index is 741. The number of thiophene rings is 1. The van der Waals surface area contributed by atoms with E-state index in [1.165, 1.54) is 11.3 Å². The van der Waals surface area contributed by atoms with Gasteiger partial charge in [0.25, 0.3) is 0 Å². The van der Waals surface area contributed by atoms with Gasteiger partial charge >= 0.3 is 5.97 Å². The zero-order chi connectivity index (χ0) is 15.7. The summed E-state index contributed by atoms with van der Waals surface area (Å²) in [5, 5.41) is 9.07. The molecule has 1 amide bonds. The molecule has 0 unspecified atom stereocenters. The summed E-state index contributed by atoms with van der Waals surface area (Å²) >= 11 is 7.29. The summed E-state index contributed by atoms with van der Waals surface area (Å²) in [6.07, 6.45) is 1.09. The van der Waals surface area contributed by atoms with E-state index in [4.69, 9.17) is 16.7 Å². The number of carboxylic acid groups (broad SMARTS) is 1. The third kappa shape index (κ3) is 3.15. The Morgan fingerprint density at radius 1 is 1.23 bits per heavy atom. The molecular formula is C16H14ClNO3S. The van der Waals surface area contributed by atoms with Crippen molar-refractivity contribution in [2.75, 3.05) is 6.54 Å². The zero-order valence-corrected chi connectivity index (χ0v) is 13.3. The predicted octanol–water partition coefficient (Wildman–Crippen LogP) is 3.23. The van der Waals surface area contributed by atoms with Crippen LogP contribution in [0.2, 0.25) is 4.34 Å². The van der Waals surface area contributed by atoms with Gasteiger partial charge < -0.3 is 10.0 Å². The molecular weight excluding hydrogens is 322 g/mol. The second-order valence-electron chi connectivity index (χ2n) is 5.24. The van der Waals surface area contributed by atoms with Gasteiger partial charge in [-0.25, -0.2) is 4.79 Å². The summed E-state index contributed by atoms with van der Waals surface area (Å²) in [4.78, 5) is 26.2. The van der Waals surface area contributed by atoms with E-state index in [0.29, 0.717) is 23.8 Å². The molecule has 114 valence electrons. The topological polar surface area (TPSA) is 57.6 Å². The van der Waals surface area contributed by atoms with Crippen LogP contribution in [0.25, 0.3) is 0 Å². The van der Waals surface area contributed by atoms with Crippen molar-refractivity contribution in [3.8, 4) is 0 Å². The quantitative estimate of drug-likeness (QED) is 0.937. The molecule has 3 rings (SSSR count). The molecule has 0 atom stereocenters. The van der Waals surface area contributed by atoms with Gasteiger partial charge in [0.1, 0.15) is 0 Å². The molecule has 0 radical (unpaired) electrons. The number of benzene rings is 1. The number of fused-ring (bicyclic) bond motifs is 1. The van der Waals surface area contributed by atoms with Gasteiger partial charge in [0.15, 0.2) is 0 Å². The predicted molar refractivity (Wildman–Crippen MR) is 85.6 cm³/mol. The number of hydrogen-bond donors (Lipinski definition) is 1. The van der Waals surface area contributed by atoms with Crippen LogP contribution in [0.3, 0.4) is 0 Å². The molecule has 2 aromatic rings. The normalized spacial score (nSPS) is 13.8. The fourth-order valence-electron chi connectivity index (χ4n) is 2.61. The highest BCUT2D eigenvalue weighted by molar-refractivity contribution is 7.16. The summed E-state index contributed by atoms with van der Waals surface area (Å²) in [6, 6.07) is 8.79. The van der Waals surface area contributed by atoms with Gasteiger partial charge in [0, 0.05) is 18.0 Å². The highest BCUT2D eigenvalue weighted by Gasteiger charge is 2.22. The Morgan fingerprint density at radius 3 is 2.73 bits per heavy atom. The van der Waals surface area contributed by atoms with Gasteiger partial charge in [-0.15, -0.1) is 11.3 Å². The van der Waals surface area contributed by atoms with Crippen molar-refractivity contribution in [2.45, 2.75) is 19.4 Å². The van der Waals surface area contributed by atoms with E-state index in [1.54, 1.807) is 23.1 Å². The van der Waals surface area contributed by atoms with Crippen LogP contribution in [-0.4, -0.2) is 28.4 Å². The first-order valence-electron chi connectivity index (χ1n) is 6.90. The Labute approximate surface area is 136 Å². The summed E-state index contributed by atoms with van der Waals surface area (Å²) in [6.45, 7) is 1.13. The van der Waals surface area contributed by atoms with Crippen molar-refractivity contribution >= 4 is 34.8 Å². The molecule has 0 saturated heterocycles. The fourth-order valence-corrected chi connectivity index (χ4v) is 3.69. The number of carbonyl (C=O) groups excluding carboxylic acids is 1. The maximum Gasteiger partial charge on any atom is 0.335 e. The molecule has 0 bridgehead atoms. The van der Waals surface area contributed by atoms with E-state index >= 15 is 0 Å². The SMILES string of the molecule is O=C(O)c1ccc2c(c1)CN(C(=O)Cc1ccc(Cl)s1)CC2. The summed E-state index contributed by atoms with van der Waals surface area (Å²) in [5.41, 5.74) is 2.30. The van der Waals surface area contributed by atoms with Gasteiger partial charge in [-0.1, -0.05) is 17.7 Å². The lowest BCUT2D eigenvalue weighted by molar-refractivity contribution is -0.131. The number of aromatic carboxylic acids is 1. The van der Waals surface area contributed by atoms with Crippen molar-refractivity contribution < 1.29 is 14.7 Å².